The lowest BCUT2D eigenvalue weighted by molar-refractivity contribution is 0.0696. The molecule has 0 radical (unpaired) electrons. The number of carboxylic acids is 1. The van der Waals surface area contributed by atoms with E-state index >= 15 is 0 Å². The molecular formula is C19H21ClO5. The van der Waals surface area contributed by atoms with Crippen LogP contribution in [0.1, 0.15) is 28.4 Å². The predicted octanol–water partition coefficient (Wildman–Crippen LogP) is 4.51. The summed E-state index contributed by atoms with van der Waals surface area (Å²) in [4.78, 5) is 11.1. The molecule has 0 fully saturated rings. The standard InChI is InChI=1S/C19H21ClO5/c1-4-23-17-11-14(19(21)22)10-15(20)18(17)25-9-8-24-16-7-5-6-12(2)13(16)3/h5-7,10-11H,4,8-9H2,1-3H3,(H,21,22). The summed E-state index contributed by atoms with van der Waals surface area (Å²) in [6.07, 6.45) is 0. The smallest absolute Gasteiger partial charge is 0.335 e. The summed E-state index contributed by atoms with van der Waals surface area (Å²) in [5.74, 6) is 0.353. The van der Waals surface area contributed by atoms with Crippen molar-refractivity contribution in [3.63, 3.8) is 0 Å². The van der Waals surface area contributed by atoms with Crippen LogP contribution in [0.3, 0.4) is 0 Å². The quantitative estimate of drug-likeness (QED) is 0.698. The minimum Gasteiger partial charge on any atom is -0.490 e. The second kappa shape index (κ2) is 8.62. The molecule has 2 rings (SSSR count). The lowest BCUT2D eigenvalue weighted by atomic mass is 10.1. The Labute approximate surface area is 152 Å². The number of benzene rings is 2. The molecule has 0 aliphatic carbocycles. The Balaban J connectivity index is 2.04. The second-order valence-corrected chi connectivity index (χ2v) is 5.83. The van der Waals surface area contributed by atoms with E-state index in [-0.39, 0.29) is 17.2 Å². The van der Waals surface area contributed by atoms with E-state index < -0.39 is 5.97 Å². The van der Waals surface area contributed by atoms with Crippen LogP contribution in [-0.2, 0) is 0 Å². The fourth-order valence-electron chi connectivity index (χ4n) is 2.27. The van der Waals surface area contributed by atoms with Crippen LogP contribution in [0.25, 0.3) is 0 Å². The Morgan fingerprint density at radius 1 is 1.08 bits per heavy atom. The highest BCUT2D eigenvalue weighted by Gasteiger charge is 2.16. The lowest BCUT2D eigenvalue weighted by Crippen LogP contribution is -2.11. The normalized spacial score (nSPS) is 10.4. The van der Waals surface area contributed by atoms with Gasteiger partial charge in [0, 0.05) is 0 Å². The van der Waals surface area contributed by atoms with Gasteiger partial charge in [-0.15, -0.1) is 0 Å². The first kappa shape index (κ1) is 18.9. The number of halogens is 1. The fraction of sp³-hybridized carbons (Fsp3) is 0.316. The van der Waals surface area contributed by atoms with Crippen LogP contribution in [-0.4, -0.2) is 30.9 Å². The zero-order valence-electron chi connectivity index (χ0n) is 14.5. The fourth-order valence-corrected chi connectivity index (χ4v) is 2.54. The van der Waals surface area contributed by atoms with E-state index in [4.69, 9.17) is 30.9 Å². The molecule has 0 bridgehead atoms. The average molecular weight is 365 g/mol. The molecule has 1 N–H and O–H groups in total. The highest BCUT2D eigenvalue weighted by Crippen LogP contribution is 2.36. The van der Waals surface area contributed by atoms with E-state index in [1.807, 2.05) is 32.0 Å². The van der Waals surface area contributed by atoms with Gasteiger partial charge in [-0.1, -0.05) is 23.7 Å². The largest absolute Gasteiger partial charge is 0.490 e. The maximum Gasteiger partial charge on any atom is 0.335 e. The van der Waals surface area contributed by atoms with Crippen molar-refractivity contribution in [3.8, 4) is 17.2 Å². The van der Waals surface area contributed by atoms with Gasteiger partial charge in [0.1, 0.15) is 19.0 Å². The van der Waals surface area contributed by atoms with Gasteiger partial charge >= 0.3 is 5.97 Å². The number of aromatic carboxylic acids is 1. The molecule has 6 heteroatoms. The van der Waals surface area contributed by atoms with E-state index in [1.54, 1.807) is 6.92 Å². The van der Waals surface area contributed by atoms with E-state index in [9.17, 15) is 4.79 Å². The Morgan fingerprint density at radius 2 is 1.80 bits per heavy atom. The zero-order valence-corrected chi connectivity index (χ0v) is 15.2. The third-order valence-corrected chi connectivity index (χ3v) is 3.98. The Morgan fingerprint density at radius 3 is 2.48 bits per heavy atom. The van der Waals surface area contributed by atoms with Gasteiger partial charge in [0.2, 0.25) is 0 Å². The summed E-state index contributed by atoms with van der Waals surface area (Å²) in [6.45, 7) is 6.77. The van der Waals surface area contributed by atoms with Crippen molar-refractivity contribution in [1.82, 2.24) is 0 Å². The molecule has 0 aliphatic heterocycles. The average Bonchev–Trinajstić information content (AvgIpc) is 2.57. The second-order valence-electron chi connectivity index (χ2n) is 5.42. The molecule has 5 nitrogen and oxygen atoms in total. The molecule has 25 heavy (non-hydrogen) atoms. The van der Waals surface area contributed by atoms with Crippen molar-refractivity contribution in [2.24, 2.45) is 0 Å². The molecule has 0 amide bonds. The Kier molecular flexibility index (Phi) is 6.53. The predicted molar refractivity (Wildman–Crippen MR) is 96.5 cm³/mol. The van der Waals surface area contributed by atoms with Crippen molar-refractivity contribution in [2.75, 3.05) is 19.8 Å². The van der Waals surface area contributed by atoms with Crippen LogP contribution < -0.4 is 14.2 Å². The molecule has 0 unspecified atom stereocenters. The number of carboxylic acid groups (broad SMARTS) is 1. The first-order valence-electron chi connectivity index (χ1n) is 7.95. The summed E-state index contributed by atoms with van der Waals surface area (Å²) in [7, 11) is 0. The van der Waals surface area contributed by atoms with Crippen LogP contribution >= 0.6 is 11.6 Å². The molecule has 0 saturated carbocycles. The molecule has 0 spiro atoms. The van der Waals surface area contributed by atoms with E-state index in [0.717, 1.165) is 16.9 Å². The lowest BCUT2D eigenvalue weighted by Gasteiger charge is -2.15. The van der Waals surface area contributed by atoms with Crippen molar-refractivity contribution < 1.29 is 24.1 Å². The first-order valence-corrected chi connectivity index (χ1v) is 8.33. The van der Waals surface area contributed by atoms with Crippen LogP contribution in [0.5, 0.6) is 17.2 Å². The van der Waals surface area contributed by atoms with Gasteiger partial charge in [0.05, 0.1) is 17.2 Å². The molecule has 2 aromatic carbocycles. The number of hydrogen-bond acceptors (Lipinski definition) is 4. The molecule has 2 aromatic rings. The summed E-state index contributed by atoms with van der Waals surface area (Å²) in [5, 5.41) is 9.30. The third kappa shape index (κ3) is 4.79. The topological polar surface area (TPSA) is 65.0 Å². The summed E-state index contributed by atoms with van der Waals surface area (Å²) >= 11 is 6.15. The maximum absolute atomic E-state index is 11.1. The minimum absolute atomic E-state index is 0.0486. The monoisotopic (exact) mass is 364 g/mol. The van der Waals surface area contributed by atoms with Crippen molar-refractivity contribution in [1.29, 1.82) is 0 Å². The van der Waals surface area contributed by atoms with Gasteiger partial charge in [0.15, 0.2) is 11.5 Å². The highest BCUT2D eigenvalue weighted by atomic mass is 35.5. The molecule has 0 saturated heterocycles. The zero-order chi connectivity index (χ0) is 18.4. The number of aryl methyl sites for hydroxylation is 1. The van der Waals surface area contributed by atoms with Gasteiger partial charge in [-0.25, -0.2) is 4.79 Å². The SMILES string of the molecule is CCOc1cc(C(=O)O)cc(Cl)c1OCCOc1cccc(C)c1C. The highest BCUT2D eigenvalue weighted by molar-refractivity contribution is 6.32. The summed E-state index contributed by atoms with van der Waals surface area (Å²) in [5.41, 5.74) is 2.29. The molecule has 0 heterocycles. The van der Waals surface area contributed by atoms with Crippen LogP contribution in [0.15, 0.2) is 30.3 Å². The van der Waals surface area contributed by atoms with Crippen molar-refractivity contribution in [2.45, 2.75) is 20.8 Å². The van der Waals surface area contributed by atoms with Crippen LogP contribution in [0.4, 0.5) is 0 Å². The molecular weight excluding hydrogens is 344 g/mol. The number of carbonyl (C=O) groups is 1. The molecule has 0 aliphatic rings. The molecule has 0 aromatic heterocycles. The van der Waals surface area contributed by atoms with E-state index in [1.165, 1.54) is 12.1 Å². The molecule has 0 atom stereocenters. The molecule has 134 valence electrons. The van der Waals surface area contributed by atoms with Crippen LogP contribution in [0, 0.1) is 13.8 Å². The van der Waals surface area contributed by atoms with Gasteiger partial charge in [-0.05, 0) is 50.1 Å². The Bertz CT molecular complexity index is 758. The van der Waals surface area contributed by atoms with Crippen LogP contribution in [0.2, 0.25) is 5.02 Å². The van der Waals surface area contributed by atoms with E-state index in [0.29, 0.717) is 24.7 Å². The van der Waals surface area contributed by atoms with Gasteiger partial charge < -0.3 is 19.3 Å². The summed E-state index contributed by atoms with van der Waals surface area (Å²) in [6, 6.07) is 8.61. The summed E-state index contributed by atoms with van der Waals surface area (Å²) < 4.78 is 16.9. The van der Waals surface area contributed by atoms with Gasteiger partial charge in [0.25, 0.3) is 0 Å². The van der Waals surface area contributed by atoms with Crippen molar-refractivity contribution >= 4 is 17.6 Å². The van der Waals surface area contributed by atoms with Gasteiger partial charge in [-0.2, -0.15) is 0 Å². The first-order chi connectivity index (χ1) is 11.9. The number of rotatable bonds is 8. The van der Waals surface area contributed by atoms with Gasteiger partial charge in [-0.3, -0.25) is 0 Å². The minimum atomic E-state index is -1.08. The van der Waals surface area contributed by atoms with Crippen molar-refractivity contribution in [3.05, 3.63) is 52.0 Å². The number of hydrogen-bond donors (Lipinski definition) is 1. The Hall–Kier alpha value is -2.40. The van der Waals surface area contributed by atoms with E-state index in [2.05, 4.69) is 0 Å². The number of ether oxygens (including phenoxy) is 3. The third-order valence-electron chi connectivity index (χ3n) is 3.70. The maximum atomic E-state index is 11.1.